The van der Waals surface area contributed by atoms with Crippen LogP contribution in [0, 0.1) is 5.41 Å². The molecule has 84 valence electrons. The van der Waals surface area contributed by atoms with Crippen LogP contribution in [-0.2, 0) is 5.41 Å². The molecule has 1 nitrogen and oxygen atoms in total. The Labute approximate surface area is 93.5 Å². The van der Waals surface area contributed by atoms with E-state index >= 15 is 0 Å². The van der Waals surface area contributed by atoms with Crippen molar-refractivity contribution >= 4 is 0 Å². The predicted octanol–water partition coefficient (Wildman–Crippen LogP) is 4.02. The molecule has 0 heterocycles. The fraction of sp³-hybridized carbons (Fsp3) is 0.571. The lowest BCUT2D eigenvalue weighted by Crippen LogP contribution is -2.33. The summed E-state index contributed by atoms with van der Waals surface area (Å²) < 4.78 is 5.17. The molecule has 0 spiro atoms. The third kappa shape index (κ3) is 2.34. The van der Waals surface area contributed by atoms with Crippen LogP contribution in [0.4, 0.5) is 0 Å². The van der Waals surface area contributed by atoms with Gasteiger partial charge in [0.1, 0.15) is 5.75 Å². The molecule has 0 aliphatic rings. The average Bonchev–Trinajstić information content (AvgIpc) is 2.16. The first-order valence-electron chi connectivity index (χ1n) is 5.43. The molecular weight excluding hydrogens is 184 g/mol. The van der Waals surface area contributed by atoms with Crippen molar-refractivity contribution in [3.63, 3.8) is 0 Å². The molecule has 0 atom stereocenters. The lowest BCUT2D eigenvalue weighted by Gasteiger charge is -2.39. The lowest BCUT2D eigenvalue weighted by molar-refractivity contribution is 0.225. The van der Waals surface area contributed by atoms with Crippen LogP contribution in [0.5, 0.6) is 5.75 Å². The molecule has 0 fully saturated rings. The zero-order valence-corrected chi connectivity index (χ0v) is 10.7. The van der Waals surface area contributed by atoms with E-state index in [1.165, 1.54) is 5.56 Å². The molecule has 0 aliphatic carbocycles. The summed E-state index contributed by atoms with van der Waals surface area (Å²) in [4.78, 5) is 0. The van der Waals surface area contributed by atoms with E-state index in [-0.39, 0.29) is 10.8 Å². The highest BCUT2D eigenvalue weighted by molar-refractivity contribution is 5.32. The van der Waals surface area contributed by atoms with Gasteiger partial charge in [-0.2, -0.15) is 0 Å². The topological polar surface area (TPSA) is 9.23 Å². The van der Waals surface area contributed by atoms with Gasteiger partial charge in [0.05, 0.1) is 7.11 Å². The molecule has 0 aromatic heterocycles. The van der Waals surface area contributed by atoms with Gasteiger partial charge < -0.3 is 4.74 Å². The summed E-state index contributed by atoms with van der Waals surface area (Å²) in [7, 11) is 1.70. The molecule has 1 aromatic rings. The van der Waals surface area contributed by atoms with Gasteiger partial charge in [-0.1, -0.05) is 46.8 Å². The van der Waals surface area contributed by atoms with E-state index in [1.54, 1.807) is 7.11 Å². The highest BCUT2D eigenvalue weighted by atomic mass is 16.5. The fourth-order valence-electron chi connectivity index (χ4n) is 1.44. The molecule has 0 amide bonds. The third-order valence-corrected chi connectivity index (χ3v) is 3.69. The molecule has 0 saturated heterocycles. The van der Waals surface area contributed by atoms with Crippen LogP contribution in [0.15, 0.2) is 24.3 Å². The zero-order valence-electron chi connectivity index (χ0n) is 10.7. The van der Waals surface area contributed by atoms with Crippen molar-refractivity contribution in [2.24, 2.45) is 5.41 Å². The van der Waals surface area contributed by atoms with E-state index in [4.69, 9.17) is 4.74 Å². The normalized spacial score (nSPS) is 12.7. The summed E-state index contributed by atoms with van der Waals surface area (Å²) in [6, 6.07) is 8.37. The second kappa shape index (κ2) is 3.88. The van der Waals surface area contributed by atoms with Crippen molar-refractivity contribution in [1.29, 1.82) is 0 Å². The monoisotopic (exact) mass is 206 g/mol. The smallest absolute Gasteiger partial charge is 0.118 e. The second-order valence-electron chi connectivity index (χ2n) is 5.60. The summed E-state index contributed by atoms with van der Waals surface area (Å²) in [5.41, 5.74) is 1.77. The van der Waals surface area contributed by atoms with Gasteiger partial charge in [-0.15, -0.1) is 0 Å². The summed E-state index contributed by atoms with van der Waals surface area (Å²) in [6.07, 6.45) is 0. The van der Waals surface area contributed by atoms with Gasteiger partial charge in [0.25, 0.3) is 0 Å². The Kier molecular flexibility index (Phi) is 3.13. The molecule has 0 saturated carbocycles. The van der Waals surface area contributed by atoms with Gasteiger partial charge in [-0.25, -0.2) is 0 Å². The highest BCUT2D eigenvalue weighted by Crippen LogP contribution is 2.41. The highest BCUT2D eigenvalue weighted by Gasteiger charge is 2.34. The van der Waals surface area contributed by atoms with Crippen LogP contribution in [0.2, 0.25) is 0 Å². The number of benzene rings is 1. The van der Waals surface area contributed by atoms with Crippen LogP contribution in [0.3, 0.4) is 0 Å². The van der Waals surface area contributed by atoms with Crippen molar-refractivity contribution < 1.29 is 4.74 Å². The van der Waals surface area contributed by atoms with E-state index in [9.17, 15) is 0 Å². The maximum Gasteiger partial charge on any atom is 0.118 e. The largest absolute Gasteiger partial charge is 0.497 e. The van der Waals surface area contributed by atoms with Crippen LogP contribution in [-0.4, -0.2) is 7.11 Å². The first kappa shape index (κ1) is 12.1. The molecule has 0 radical (unpaired) electrons. The van der Waals surface area contributed by atoms with E-state index in [0.717, 1.165) is 5.75 Å². The molecule has 1 rings (SSSR count). The first-order valence-corrected chi connectivity index (χ1v) is 5.43. The van der Waals surface area contributed by atoms with Gasteiger partial charge in [0.15, 0.2) is 0 Å². The molecule has 0 aliphatic heterocycles. The van der Waals surface area contributed by atoms with Crippen molar-refractivity contribution in [3.8, 4) is 5.75 Å². The van der Waals surface area contributed by atoms with Crippen LogP contribution in [0.25, 0.3) is 0 Å². The predicted molar refractivity (Wildman–Crippen MR) is 65.5 cm³/mol. The van der Waals surface area contributed by atoms with E-state index in [0.29, 0.717) is 0 Å². The Hall–Kier alpha value is -0.980. The second-order valence-corrected chi connectivity index (χ2v) is 5.60. The van der Waals surface area contributed by atoms with Crippen molar-refractivity contribution in [3.05, 3.63) is 29.8 Å². The summed E-state index contributed by atoms with van der Waals surface area (Å²) in [5.74, 6) is 0.920. The van der Waals surface area contributed by atoms with E-state index in [1.807, 2.05) is 12.1 Å². The van der Waals surface area contributed by atoms with Crippen LogP contribution in [0.1, 0.15) is 40.2 Å². The van der Waals surface area contributed by atoms with Gasteiger partial charge in [-0.05, 0) is 28.5 Å². The number of rotatable bonds is 2. The minimum Gasteiger partial charge on any atom is -0.497 e. The van der Waals surface area contributed by atoms with Crippen molar-refractivity contribution in [1.82, 2.24) is 0 Å². The first-order chi connectivity index (χ1) is 6.79. The number of ether oxygens (including phenoxy) is 1. The van der Waals surface area contributed by atoms with Crippen molar-refractivity contribution in [2.45, 2.75) is 40.0 Å². The quantitative estimate of drug-likeness (QED) is 0.710. The van der Waals surface area contributed by atoms with Gasteiger partial charge in [0, 0.05) is 0 Å². The van der Waals surface area contributed by atoms with Crippen LogP contribution < -0.4 is 4.74 Å². The molecule has 1 heteroatoms. The van der Waals surface area contributed by atoms with E-state index < -0.39 is 0 Å². The minimum atomic E-state index is 0.166. The Morgan fingerprint density at radius 3 is 1.67 bits per heavy atom. The Balaban J connectivity index is 3.06. The lowest BCUT2D eigenvalue weighted by atomic mass is 9.65. The fourth-order valence-corrected chi connectivity index (χ4v) is 1.44. The molecule has 15 heavy (non-hydrogen) atoms. The molecule has 1 aromatic carbocycles. The summed E-state index contributed by atoms with van der Waals surface area (Å²) in [5, 5.41) is 0. The van der Waals surface area contributed by atoms with Gasteiger partial charge in [0.2, 0.25) is 0 Å². The number of hydrogen-bond donors (Lipinski definition) is 0. The standard InChI is InChI=1S/C14H22O/c1-13(2,3)14(4,5)11-7-9-12(15-6)10-8-11/h7-10H,1-6H3. The summed E-state index contributed by atoms with van der Waals surface area (Å²) in [6.45, 7) is 11.4. The molecule has 0 bridgehead atoms. The van der Waals surface area contributed by atoms with E-state index in [2.05, 4.69) is 46.8 Å². The number of methoxy groups -OCH3 is 1. The van der Waals surface area contributed by atoms with Gasteiger partial charge >= 0.3 is 0 Å². The molecule has 0 N–H and O–H groups in total. The summed E-state index contributed by atoms with van der Waals surface area (Å²) >= 11 is 0. The van der Waals surface area contributed by atoms with Crippen molar-refractivity contribution in [2.75, 3.05) is 7.11 Å². The maximum atomic E-state index is 5.17. The maximum absolute atomic E-state index is 5.17. The number of hydrogen-bond acceptors (Lipinski definition) is 1. The Morgan fingerprint density at radius 1 is 0.867 bits per heavy atom. The third-order valence-electron chi connectivity index (χ3n) is 3.69. The average molecular weight is 206 g/mol. The minimum absolute atomic E-state index is 0.166. The van der Waals surface area contributed by atoms with Crippen LogP contribution >= 0.6 is 0 Å². The molecule has 0 unspecified atom stereocenters. The Morgan fingerprint density at radius 2 is 1.33 bits per heavy atom. The Bertz CT molecular complexity index is 314. The zero-order chi connectivity index (χ0) is 11.7. The van der Waals surface area contributed by atoms with Gasteiger partial charge in [-0.3, -0.25) is 0 Å². The SMILES string of the molecule is COc1ccc(C(C)(C)C(C)(C)C)cc1. The molecular formula is C14H22O.